The number of hydrogen-bond donors (Lipinski definition) is 0. The van der Waals surface area contributed by atoms with Gasteiger partial charge in [0.15, 0.2) is 0 Å². The molecule has 0 heterocycles. The lowest BCUT2D eigenvalue weighted by molar-refractivity contribution is 0.414. The molecule has 1 unspecified atom stereocenters. The van der Waals surface area contributed by atoms with Gasteiger partial charge in [-0.25, -0.2) is 0 Å². The molecule has 0 aliphatic heterocycles. The van der Waals surface area contributed by atoms with Crippen LogP contribution in [0.2, 0.25) is 0 Å². The van der Waals surface area contributed by atoms with E-state index in [1.807, 2.05) is 30.3 Å². The monoisotopic (exact) mass is 514 g/mol. The zero-order chi connectivity index (χ0) is 14.0. The largest absolute Gasteiger partial charge is 0.497 e. The third-order valence-electron chi connectivity index (χ3n) is 2.71. The van der Waals surface area contributed by atoms with Crippen molar-refractivity contribution in [1.82, 2.24) is 0 Å². The summed E-state index contributed by atoms with van der Waals surface area (Å²) in [4.78, 5) is 0. The van der Waals surface area contributed by atoms with Gasteiger partial charge in [-0.15, -0.1) is 11.6 Å². The van der Waals surface area contributed by atoms with Gasteiger partial charge < -0.3 is 4.74 Å². The van der Waals surface area contributed by atoms with E-state index < -0.39 is 0 Å². The molecule has 1 nitrogen and oxygen atoms in total. The Bertz CT molecular complexity index is 604. The molecule has 0 spiro atoms. The lowest BCUT2D eigenvalue weighted by Gasteiger charge is -2.15. The van der Waals surface area contributed by atoms with Gasteiger partial charge in [-0.05, 0) is 64.0 Å². The van der Waals surface area contributed by atoms with Crippen LogP contribution in [0.3, 0.4) is 0 Å². The van der Waals surface area contributed by atoms with Gasteiger partial charge >= 0.3 is 0 Å². The second kappa shape index (κ2) is 6.78. The molecular weight excluding hydrogens is 506 g/mol. The van der Waals surface area contributed by atoms with E-state index >= 15 is 0 Å². The second-order valence-electron chi connectivity index (χ2n) is 3.92. The van der Waals surface area contributed by atoms with Crippen LogP contribution in [0, 0.1) is 3.57 Å². The first-order valence-corrected chi connectivity index (χ1v) is 8.55. The fraction of sp³-hybridized carbons (Fsp3) is 0.143. The molecule has 19 heavy (non-hydrogen) atoms. The Morgan fingerprint density at radius 3 is 2.42 bits per heavy atom. The highest BCUT2D eigenvalue weighted by molar-refractivity contribution is 14.1. The molecule has 0 saturated heterocycles. The molecule has 0 bridgehead atoms. The summed E-state index contributed by atoms with van der Waals surface area (Å²) in [5.74, 6) is 0.807. The molecule has 0 aliphatic carbocycles. The van der Waals surface area contributed by atoms with Gasteiger partial charge in [-0.2, -0.15) is 0 Å². The summed E-state index contributed by atoms with van der Waals surface area (Å²) in [5, 5.41) is -0.218. The molecule has 0 fully saturated rings. The standard InChI is InChI=1S/C14H10Br2ClIO/c1-19-9-3-4-10(13(16)7-9)14(17)11-6-8(18)2-5-12(11)15/h2-7,14H,1H3. The van der Waals surface area contributed by atoms with Crippen LogP contribution in [-0.2, 0) is 0 Å². The highest BCUT2D eigenvalue weighted by Crippen LogP contribution is 2.39. The first-order chi connectivity index (χ1) is 9.02. The minimum atomic E-state index is -0.218. The Morgan fingerprint density at radius 2 is 1.79 bits per heavy atom. The molecule has 0 aromatic heterocycles. The van der Waals surface area contributed by atoms with Crippen LogP contribution in [0.4, 0.5) is 0 Å². The van der Waals surface area contributed by atoms with Crippen molar-refractivity contribution in [1.29, 1.82) is 0 Å². The van der Waals surface area contributed by atoms with Crippen molar-refractivity contribution in [2.75, 3.05) is 7.11 Å². The van der Waals surface area contributed by atoms with Crippen LogP contribution in [-0.4, -0.2) is 7.11 Å². The number of ether oxygens (including phenoxy) is 1. The Labute approximate surface area is 148 Å². The van der Waals surface area contributed by atoms with Crippen LogP contribution in [0.15, 0.2) is 45.3 Å². The zero-order valence-electron chi connectivity index (χ0n) is 9.96. The van der Waals surface area contributed by atoms with E-state index in [2.05, 4.69) is 60.5 Å². The van der Waals surface area contributed by atoms with E-state index in [4.69, 9.17) is 16.3 Å². The summed E-state index contributed by atoms with van der Waals surface area (Å²) in [5.41, 5.74) is 2.07. The molecule has 2 rings (SSSR count). The maximum absolute atomic E-state index is 6.61. The van der Waals surface area contributed by atoms with Crippen molar-refractivity contribution in [3.63, 3.8) is 0 Å². The molecule has 0 aliphatic rings. The highest BCUT2D eigenvalue weighted by Gasteiger charge is 2.17. The average molecular weight is 516 g/mol. The van der Waals surface area contributed by atoms with Crippen molar-refractivity contribution < 1.29 is 4.74 Å². The lowest BCUT2D eigenvalue weighted by Crippen LogP contribution is -1.97. The smallest absolute Gasteiger partial charge is 0.120 e. The van der Waals surface area contributed by atoms with Gasteiger partial charge in [-0.3, -0.25) is 0 Å². The maximum Gasteiger partial charge on any atom is 0.120 e. The summed E-state index contributed by atoms with van der Waals surface area (Å²) < 4.78 is 8.31. The quantitative estimate of drug-likeness (QED) is 0.351. The second-order valence-corrected chi connectivity index (χ2v) is 7.31. The molecule has 0 radical (unpaired) electrons. The first kappa shape index (κ1) is 15.6. The fourth-order valence-electron chi connectivity index (χ4n) is 1.72. The predicted octanol–water partition coefficient (Wildman–Crippen LogP) is 6.15. The van der Waals surface area contributed by atoms with Crippen molar-refractivity contribution in [2.24, 2.45) is 0 Å². The molecule has 0 amide bonds. The molecule has 0 saturated carbocycles. The van der Waals surface area contributed by atoms with E-state index in [0.29, 0.717) is 0 Å². The van der Waals surface area contributed by atoms with Crippen molar-refractivity contribution in [3.05, 3.63) is 60.0 Å². The number of alkyl halides is 1. The topological polar surface area (TPSA) is 9.23 Å². The molecule has 0 N–H and O–H groups in total. The number of methoxy groups -OCH3 is 1. The summed E-state index contributed by atoms with van der Waals surface area (Å²) in [6.45, 7) is 0. The highest BCUT2D eigenvalue weighted by atomic mass is 127. The summed E-state index contributed by atoms with van der Waals surface area (Å²) in [6, 6.07) is 12.0. The van der Waals surface area contributed by atoms with Gasteiger partial charge in [-0.1, -0.05) is 37.9 Å². The SMILES string of the molecule is COc1ccc(C(Cl)c2cc(I)ccc2Br)c(Br)c1. The van der Waals surface area contributed by atoms with Crippen LogP contribution in [0.1, 0.15) is 16.5 Å². The van der Waals surface area contributed by atoms with Crippen molar-refractivity contribution in [3.8, 4) is 5.75 Å². The van der Waals surface area contributed by atoms with Crippen molar-refractivity contribution in [2.45, 2.75) is 5.38 Å². The Hall–Kier alpha value is 0.220. The zero-order valence-corrected chi connectivity index (χ0v) is 16.0. The van der Waals surface area contributed by atoms with Crippen LogP contribution in [0.5, 0.6) is 5.75 Å². The van der Waals surface area contributed by atoms with Gasteiger partial charge in [0.1, 0.15) is 5.75 Å². The predicted molar refractivity (Wildman–Crippen MR) is 95.2 cm³/mol. The first-order valence-electron chi connectivity index (χ1n) is 5.45. The van der Waals surface area contributed by atoms with Crippen molar-refractivity contribution >= 4 is 66.1 Å². The van der Waals surface area contributed by atoms with Crippen LogP contribution in [0.25, 0.3) is 0 Å². The normalized spacial score (nSPS) is 12.3. The van der Waals surface area contributed by atoms with E-state index in [1.54, 1.807) is 7.11 Å². The van der Waals surface area contributed by atoms with Gasteiger partial charge in [0.2, 0.25) is 0 Å². The maximum atomic E-state index is 6.61. The van der Waals surface area contributed by atoms with Gasteiger partial charge in [0.05, 0.1) is 12.5 Å². The number of hydrogen-bond acceptors (Lipinski definition) is 1. The minimum absolute atomic E-state index is 0.218. The van der Waals surface area contributed by atoms with Gasteiger partial charge in [0.25, 0.3) is 0 Å². The van der Waals surface area contributed by atoms with Crippen LogP contribution < -0.4 is 4.74 Å². The Morgan fingerprint density at radius 1 is 1.05 bits per heavy atom. The summed E-state index contributed by atoms with van der Waals surface area (Å²) in [6.07, 6.45) is 0. The van der Waals surface area contributed by atoms with E-state index in [1.165, 1.54) is 0 Å². The van der Waals surface area contributed by atoms with Crippen LogP contribution >= 0.6 is 66.1 Å². The Balaban J connectivity index is 2.43. The molecule has 1 atom stereocenters. The number of halogens is 4. The third kappa shape index (κ3) is 3.65. The Kier molecular flexibility index (Phi) is 5.57. The fourth-order valence-corrected chi connectivity index (χ4v) is 3.93. The number of benzene rings is 2. The average Bonchev–Trinajstić information content (AvgIpc) is 2.40. The lowest BCUT2D eigenvalue weighted by atomic mass is 10.0. The van der Waals surface area contributed by atoms with E-state index in [-0.39, 0.29) is 5.38 Å². The molecule has 2 aromatic rings. The summed E-state index contributed by atoms with van der Waals surface area (Å²) in [7, 11) is 1.65. The third-order valence-corrected chi connectivity index (χ3v) is 5.26. The molecule has 5 heteroatoms. The van der Waals surface area contributed by atoms with Gasteiger partial charge in [0, 0.05) is 12.5 Å². The molecular formula is C14H10Br2ClIO. The van der Waals surface area contributed by atoms with E-state index in [0.717, 1.165) is 29.4 Å². The molecule has 2 aromatic carbocycles. The molecule has 100 valence electrons. The number of rotatable bonds is 3. The van der Waals surface area contributed by atoms with E-state index in [9.17, 15) is 0 Å². The minimum Gasteiger partial charge on any atom is -0.497 e. The summed E-state index contributed by atoms with van der Waals surface area (Å²) >= 11 is 16.0.